The number of amides is 2. The fraction of sp³-hybridized carbons (Fsp3) is 0.333. The van der Waals surface area contributed by atoms with Crippen molar-refractivity contribution in [3.8, 4) is 0 Å². The van der Waals surface area contributed by atoms with Gasteiger partial charge in [0.05, 0.1) is 17.1 Å². The van der Waals surface area contributed by atoms with E-state index < -0.39 is 0 Å². The zero-order chi connectivity index (χ0) is 18.4. The van der Waals surface area contributed by atoms with E-state index in [1.165, 1.54) is 0 Å². The van der Waals surface area contributed by atoms with Crippen molar-refractivity contribution in [2.45, 2.75) is 32.7 Å². The van der Waals surface area contributed by atoms with Gasteiger partial charge in [0.2, 0.25) is 0 Å². The van der Waals surface area contributed by atoms with Crippen LogP contribution >= 0.6 is 0 Å². The molecule has 3 N–H and O–H groups in total. The van der Waals surface area contributed by atoms with Crippen LogP contribution in [0, 0.1) is 5.92 Å². The normalized spacial score (nSPS) is 12.3. The summed E-state index contributed by atoms with van der Waals surface area (Å²) in [5.41, 5.74) is 3.16. The molecule has 1 heterocycles. The fourth-order valence-corrected chi connectivity index (χ4v) is 3.07. The first-order valence-corrected chi connectivity index (χ1v) is 9.16. The summed E-state index contributed by atoms with van der Waals surface area (Å²) < 4.78 is 0. The number of carbonyl (C=O) groups excluding carboxylic acids is 1. The lowest BCUT2D eigenvalue weighted by atomic mass is 9.96. The number of fused-ring (bicyclic) bond motifs is 1. The molecule has 136 valence electrons. The van der Waals surface area contributed by atoms with Gasteiger partial charge in [-0.05, 0) is 30.0 Å². The average Bonchev–Trinajstić information content (AvgIpc) is 3.06. The van der Waals surface area contributed by atoms with E-state index in [-0.39, 0.29) is 12.1 Å². The summed E-state index contributed by atoms with van der Waals surface area (Å²) >= 11 is 0. The Morgan fingerprint density at radius 1 is 1.08 bits per heavy atom. The van der Waals surface area contributed by atoms with E-state index in [9.17, 15) is 4.79 Å². The maximum absolute atomic E-state index is 12.2. The maximum atomic E-state index is 12.2. The summed E-state index contributed by atoms with van der Waals surface area (Å²) in [5.74, 6) is 1.27. The number of imidazole rings is 1. The number of aromatic nitrogens is 2. The summed E-state index contributed by atoms with van der Waals surface area (Å²) in [5, 5.41) is 6.03. The van der Waals surface area contributed by atoms with E-state index in [1.54, 1.807) is 0 Å². The monoisotopic (exact) mass is 350 g/mol. The third kappa shape index (κ3) is 4.63. The average molecular weight is 350 g/mol. The van der Waals surface area contributed by atoms with Gasteiger partial charge in [-0.1, -0.05) is 56.3 Å². The van der Waals surface area contributed by atoms with Crippen molar-refractivity contribution in [1.82, 2.24) is 20.6 Å². The van der Waals surface area contributed by atoms with Gasteiger partial charge in [-0.2, -0.15) is 0 Å². The fourth-order valence-electron chi connectivity index (χ4n) is 3.07. The van der Waals surface area contributed by atoms with E-state index in [0.717, 1.165) is 35.3 Å². The van der Waals surface area contributed by atoms with Crippen LogP contribution in [0.4, 0.5) is 4.79 Å². The Labute approximate surface area is 154 Å². The molecule has 0 aliphatic carbocycles. The minimum absolute atomic E-state index is 0.00609. The van der Waals surface area contributed by atoms with Crippen molar-refractivity contribution in [3.05, 3.63) is 66.0 Å². The molecule has 0 radical (unpaired) electrons. The standard InChI is InChI=1S/C21H26N4O/c1-15(2)20(16-9-4-3-5-10-16)25-21(26)22-14-8-13-19-23-17-11-6-7-12-18(17)24-19/h3-7,9-12,15,20H,8,13-14H2,1-2H3,(H,23,24)(H2,22,25,26). The van der Waals surface area contributed by atoms with E-state index in [1.807, 2.05) is 54.6 Å². The number of benzene rings is 2. The largest absolute Gasteiger partial charge is 0.342 e. The molecular formula is C21H26N4O. The molecule has 0 aliphatic rings. The van der Waals surface area contributed by atoms with Crippen LogP contribution in [0.2, 0.25) is 0 Å². The van der Waals surface area contributed by atoms with Crippen LogP contribution in [-0.4, -0.2) is 22.5 Å². The van der Waals surface area contributed by atoms with Gasteiger partial charge in [-0.3, -0.25) is 0 Å². The second-order valence-electron chi connectivity index (χ2n) is 6.84. The number of para-hydroxylation sites is 2. The molecule has 26 heavy (non-hydrogen) atoms. The van der Waals surface area contributed by atoms with Crippen molar-refractivity contribution in [3.63, 3.8) is 0 Å². The molecule has 0 saturated heterocycles. The number of nitrogens with one attached hydrogen (secondary N) is 3. The van der Waals surface area contributed by atoms with E-state index in [0.29, 0.717) is 12.5 Å². The van der Waals surface area contributed by atoms with Crippen LogP contribution in [0.15, 0.2) is 54.6 Å². The third-order valence-electron chi connectivity index (χ3n) is 4.43. The molecule has 0 spiro atoms. The maximum Gasteiger partial charge on any atom is 0.315 e. The van der Waals surface area contributed by atoms with Crippen LogP contribution in [0.1, 0.15) is 37.7 Å². The smallest absolute Gasteiger partial charge is 0.315 e. The summed E-state index contributed by atoms with van der Waals surface area (Å²) in [7, 11) is 0. The number of rotatable bonds is 7. The molecule has 1 aromatic heterocycles. The van der Waals surface area contributed by atoms with Gasteiger partial charge in [-0.25, -0.2) is 9.78 Å². The Balaban J connectivity index is 1.46. The highest BCUT2D eigenvalue weighted by molar-refractivity contribution is 5.75. The molecular weight excluding hydrogens is 324 g/mol. The molecule has 3 rings (SSSR count). The minimum Gasteiger partial charge on any atom is -0.342 e. The number of aryl methyl sites for hydroxylation is 1. The number of hydrogen-bond donors (Lipinski definition) is 3. The number of carbonyl (C=O) groups is 1. The highest BCUT2D eigenvalue weighted by Crippen LogP contribution is 2.21. The lowest BCUT2D eigenvalue weighted by Gasteiger charge is -2.23. The third-order valence-corrected chi connectivity index (χ3v) is 4.43. The molecule has 1 atom stereocenters. The first-order chi connectivity index (χ1) is 12.6. The Kier molecular flexibility index (Phi) is 5.89. The lowest BCUT2D eigenvalue weighted by molar-refractivity contribution is 0.233. The van der Waals surface area contributed by atoms with Crippen LogP contribution in [0.3, 0.4) is 0 Å². The highest BCUT2D eigenvalue weighted by atomic mass is 16.2. The summed E-state index contributed by atoms with van der Waals surface area (Å²) in [4.78, 5) is 20.1. The first-order valence-electron chi connectivity index (χ1n) is 9.16. The Morgan fingerprint density at radius 3 is 2.54 bits per heavy atom. The zero-order valence-electron chi connectivity index (χ0n) is 15.3. The number of aromatic amines is 1. The molecule has 1 unspecified atom stereocenters. The lowest BCUT2D eigenvalue weighted by Crippen LogP contribution is -2.40. The molecule has 0 bridgehead atoms. The van der Waals surface area contributed by atoms with Crippen LogP contribution in [0.25, 0.3) is 11.0 Å². The van der Waals surface area contributed by atoms with E-state index >= 15 is 0 Å². The topological polar surface area (TPSA) is 69.8 Å². The summed E-state index contributed by atoms with van der Waals surface area (Å²) in [6.07, 6.45) is 1.65. The van der Waals surface area contributed by atoms with E-state index in [2.05, 4.69) is 34.4 Å². The van der Waals surface area contributed by atoms with Gasteiger partial charge >= 0.3 is 6.03 Å². The second-order valence-corrected chi connectivity index (χ2v) is 6.84. The highest BCUT2D eigenvalue weighted by Gasteiger charge is 2.17. The number of nitrogens with zero attached hydrogens (tertiary/aromatic N) is 1. The molecule has 2 aromatic carbocycles. The molecule has 5 nitrogen and oxygen atoms in total. The number of urea groups is 1. The predicted molar refractivity (Wildman–Crippen MR) is 105 cm³/mol. The zero-order valence-corrected chi connectivity index (χ0v) is 15.3. The Morgan fingerprint density at radius 2 is 1.81 bits per heavy atom. The van der Waals surface area contributed by atoms with Crippen molar-refractivity contribution in [1.29, 1.82) is 0 Å². The van der Waals surface area contributed by atoms with Crippen molar-refractivity contribution < 1.29 is 4.79 Å². The molecule has 2 amide bonds. The molecule has 3 aromatic rings. The summed E-state index contributed by atoms with van der Waals surface area (Å²) in [6, 6.07) is 17.9. The van der Waals surface area contributed by atoms with Gasteiger partial charge < -0.3 is 15.6 Å². The number of H-pyrrole nitrogens is 1. The predicted octanol–water partition coefficient (Wildman–Crippen LogP) is 4.19. The molecule has 5 heteroatoms. The van der Waals surface area contributed by atoms with Crippen LogP contribution < -0.4 is 10.6 Å². The van der Waals surface area contributed by atoms with Gasteiger partial charge in [0.1, 0.15) is 5.82 Å². The molecule has 0 aliphatic heterocycles. The Hall–Kier alpha value is -2.82. The number of hydrogen-bond acceptors (Lipinski definition) is 2. The van der Waals surface area contributed by atoms with Gasteiger partial charge in [-0.15, -0.1) is 0 Å². The van der Waals surface area contributed by atoms with Crippen molar-refractivity contribution in [2.24, 2.45) is 5.92 Å². The molecule has 0 saturated carbocycles. The van der Waals surface area contributed by atoms with Gasteiger partial charge in [0.25, 0.3) is 0 Å². The van der Waals surface area contributed by atoms with Gasteiger partial charge in [0, 0.05) is 13.0 Å². The second kappa shape index (κ2) is 8.52. The molecule has 0 fully saturated rings. The SMILES string of the molecule is CC(C)C(NC(=O)NCCCc1nc2ccccc2[nH]1)c1ccccc1. The van der Waals surface area contributed by atoms with Crippen molar-refractivity contribution >= 4 is 17.1 Å². The Bertz CT molecular complexity index is 808. The van der Waals surface area contributed by atoms with E-state index in [4.69, 9.17) is 0 Å². The minimum atomic E-state index is -0.128. The quantitative estimate of drug-likeness (QED) is 0.559. The van der Waals surface area contributed by atoms with Crippen molar-refractivity contribution in [2.75, 3.05) is 6.54 Å². The van der Waals surface area contributed by atoms with Gasteiger partial charge in [0.15, 0.2) is 0 Å². The van der Waals surface area contributed by atoms with Crippen LogP contribution in [0.5, 0.6) is 0 Å². The first kappa shape index (κ1) is 18.0. The summed E-state index contributed by atoms with van der Waals surface area (Å²) in [6.45, 7) is 4.83. The van der Waals surface area contributed by atoms with Crippen LogP contribution in [-0.2, 0) is 6.42 Å².